The summed E-state index contributed by atoms with van der Waals surface area (Å²) in [5.74, 6) is 0.273. The quantitative estimate of drug-likeness (QED) is 0.724. The van der Waals surface area contributed by atoms with Gasteiger partial charge in [0.1, 0.15) is 0 Å². The van der Waals surface area contributed by atoms with E-state index in [1.165, 1.54) is 0 Å². The van der Waals surface area contributed by atoms with Gasteiger partial charge in [-0.3, -0.25) is 5.10 Å². The lowest BCUT2D eigenvalue weighted by atomic mass is 10.1. The fraction of sp³-hybridized carbons (Fsp3) is 0.100. The van der Waals surface area contributed by atoms with Gasteiger partial charge in [0.25, 0.3) is 0 Å². The van der Waals surface area contributed by atoms with Gasteiger partial charge in [0.15, 0.2) is 5.65 Å². The molecule has 2 aromatic rings. The first-order valence-electron chi connectivity index (χ1n) is 4.67. The normalized spacial score (nSPS) is 14.8. The molecule has 2 heterocycles. The maximum absolute atomic E-state index is 5.63. The van der Waals surface area contributed by atoms with Gasteiger partial charge in [0.05, 0.1) is 17.3 Å². The Morgan fingerprint density at radius 1 is 1.33 bits per heavy atom. The molecular weight excluding hydrogens is 190 g/mol. The van der Waals surface area contributed by atoms with E-state index in [0.29, 0.717) is 5.65 Å². The van der Waals surface area contributed by atoms with E-state index in [0.717, 1.165) is 23.1 Å². The average molecular weight is 199 g/mol. The molecule has 5 heteroatoms. The number of aromatic nitrogens is 4. The minimum atomic E-state index is 0.273. The first kappa shape index (κ1) is 8.16. The van der Waals surface area contributed by atoms with Crippen molar-refractivity contribution in [2.75, 3.05) is 5.73 Å². The number of nitrogens with one attached hydrogen (secondary N) is 1. The van der Waals surface area contributed by atoms with E-state index >= 15 is 0 Å². The van der Waals surface area contributed by atoms with Gasteiger partial charge in [-0.2, -0.15) is 10.1 Å². The second-order valence-electron chi connectivity index (χ2n) is 3.39. The van der Waals surface area contributed by atoms with Crippen LogP contribution in [0.2, 0.25) is 0 Å². The van der Waals surface area contributed by atoms with Crippen LogP contribution >= 0.6 is 0 Å². The van der Waals surface area contributed by atoms with Crippen LogP contribution in [0.1, 0.15) is 12.1 Å². The van der Waals surface area contributed by atoms with Gasteiger partial charge in [-0.1, -0.05) is 18.2 Å². The summed E-state index contributed by atoms with van der Waals surface area (Å²) in [6.07, 6.45) is 8.74. The molecule has 2 aromatic heterocycles. The maximum Gasteiger partial charge on any atom is 0.222 e. The molecular formula is C10H9N5. The molecule has 0 atom stereocenters. The molecule has 0 amide bonds. The number of nitrogen functional groups attached to an aromatic ring is 1. The zero-order valence-corrected chi connectivity index (χ0v) is 7.94. The van der Waals surface area contributed by atoms with Crippen LogP contribution in [0.5, 0.6) is 0 Å². The molecule has 3 rings (SSSR count). The molecule has 74 valence electrons. The fourth-order valence-corrected chi connectivity index (χ4v) is 1.72. The zero-order valence-electron chi connectivity index (χ0n) is 7.94. The number of allylic oxidation sites excluding steroid dienone is 4. The van der Waals surface area contributed by atoms with Crippen LogP contribution in [0.4, 0.5) is 5.95 Å². The van der Waals surface area contributed by atoms with Crippen molar-refractivity contribution in [3.05, 3.63) is 30.1 Å². The minimum Gasteiger partial charge on any atom is -0.368 e. The standard InChI is InChI=1S/C10H9N5/c11-10-13-8(6-3-1-2-4-6)7-5-12-15-9(7)14-10/h1-3,5H,4H2,(H3,11,12,13,14,15). The SMILES string of the molecule is Nc1nc(C2=CC=CC2)c2cn[nH]c2n1. The molecule has 15 heavy (non-hydrogen) atoms. The van der Waals surface area contributed by atoms with Gasteiger partial charge in [-0.15, -0.1) is 0 Å². The highest BCUT2D eigenvalue weighted by molar-refractivity contribution is 5.89. The Balaban J connectivity index is 2.28. The van der Waals surface area contributed by atoms with Crippen molar-refractivity contribution < 1.29 is 0 Å². The summed E-state index contributed by atoms with van der Waals surface area (Å²) in [5.41, 5.74) is 8.34. The molecule has 0 saturated heterocycles. The summed E-state index contributed by atoms with van der Waals surface area (Å²) in [5, 5.41) is 7.66. The van der Waals surface area contributed by atoms with Gasteiger partial charge >= 0.3 is 0 Å². The molecule has 0 aromatic carbocycles. The van der Waals surface area contributed by atoms with Crippen LogP contribution in [-0.4, -0.2) is 20.2 Å². The summed E-state index contributed by atoms with van der Waals surface area (Å²) < 4.78 is 0. The molecule has 0 aliphatic heterocycles. The summed E-state index contributed by atoms with van der Waals surface area (Å²) >= 11 is 0. The molecule has 3 N–H and O–H groups in total. The van der Waals surface area contributed by atoms with Gasteiger partial charge in [0, 0.05) is 0 Å². The first-order valence-corrected chi connectivity index (χ1v) is 4.67. The number of H-pyrrole nitrogens is 1. The van der Waals surface area contributed by atoms with Gasteiger partial charge in [0.2, 0.25) is 5.95 Å². The molecule has 0 bridgehead atoms. The Labute approximate surface area is 85.7 Å². The number of hydrogen-bond acceptors (Lipinski definition) is 4. The molecule has 1 aliphatic rings. The Kier molecular flexibility index (Phi) is 1.58. The van der Waals surface area contributed by atoms with Crippen molar-refractivity contribution in [3.8, 4) is 0 Å². The largest absolute Gasteiger partial charge is 0.368 e. The Bertz CT molecular complexity index is 579. The third-order valence-corrected chi connectivity index (χ3v) is 2.40. The average Bonchev–Trinajstić information content (AvgIpc) is 2.86. The second-order valence-corrected chi connectivity index (χ2v) is 3.39. The van der Waals surface area contributed by atoms with E-state index in [1.54, 1.807) is 6.20 Å². The highest BCUT2D eigenvalue weighted by atomic mass is 15.2. The lowest BCUT2D eigenvalue weighted by Crippen LogP contribution is -1.99. The lowest BCUT2D eigenvalue weighted by molar-refractivity contribution is 1.09. The van der Waals surface area contributed by atoms with Crippen LogP contribution in [0.15, 0.2) is 24.4 Å². The third kappa shape index (κ3) is 1.20. The predicted octanol–water partition coefficient (Wildman–Crippen LogP) is 1.28. The summed E-state index contributed by atoms with van der Waals surface area (Å²) in [7, 11) is 0. The van der Waals surface area contributed by atoms with Gasteiger partial charge in [-0.25, -0.2) is 4.98 Å². The molecule has 0 saturated carbocycles. The number of nitrogens with two attached hydrogens (primary N) is 1. The van der Waals surface area contributed by atoms with E-state index < -0.39 is 0 Å². The molecule has 1 aliphatic carbocycles. The van der Waals surface area contributed by atoms with Crippen LogP contribution in [0, 0.1) is 0 Å². The molecule has 0 radical (unpaired) electrons. The van der Waals surface area contributed by atoms with E-state index in [9.17, 15) is 0 Å². The predicted molar refractivity (Wildman–Crippen MR) is 57.8 cm³/mol. The molecule has 0 fully saturated rings. The van der Waals surface area contributed by atoms with E-state index in [-0.39, 0.29) is 5.95 Å². The monoisotopic (exact) mass is 199 g/mol. The summed E-state index contributed by atoms with van der Waals surface area (Å²) in [6.45, 7) is 0. The summed E-state index contributed by atoms with van der Waals surface area (Å²) in [6, 6.07) is 0. The van der Waals surface area contributed by atoms with E-state index in [4.69, 9.17) is 5.73 Å². The Morgan fingerprint density at radius 2 is 2.27 bits per heavy atom. The van der Waals surface area contributed by atoms with Crippen LogP contribution in [0.25, 0.3) is 16.6 Å². The highest BCUT2D eigenvalue weighted by Gasteiger charge is 2.12. The smallest absolute Gasteiger partial charge is 0.222 e. The van der Waals surface area contributed by atoms with Gasteiger partial charge < -0.3 is 5.73 Å². The van der Waals surface area contributed by atoms with Crippen LogP contribution in [0.3, 0.4) is 0 Å². The Hall–Kier alpha value is -2.17. The van der Waals surface area contributed by atoms with E-state index in [1.807, 2.05) is 12.2 Å². The topological polar surface area (TPSA) is 80.5 Å². The van der Waals surface area contributed by atoms with Crippen LogP contribution in [-0.2, 0) is 0 Å². The van der Waals surface area contributed by atoms with E-state index in [2.05, 4.69) is 26.2 Å². The number of rotatable bonds is 1. The van der Waals surface area contributed by atoms with Crippen molar-refractivity contribution in [2.45, 2.75) is 6.42 Å². The third-order valence-electron chi connectivity index (χ3n) is 2.40. The number of aromatic amines is 1. The number of nitrogens with zero attached hydrogens (tertiary/aromatic N) is 3. The molecule has 0 unspecified atom stereocenters. The van der Waals surface area contributed by atoms with Crippen molar-refractivity contribution in [1.82, 2.24) is 20.2 Å². The maximum atomic E-state index is 5.63. The zero-order chi connectivity index (χ0) is 10.3. The minimum absolute atomic E-state index is 0.273. The lowest BCUT2D eigenvalue weighted by Gasteiger charge is -2.03. The first-order chi connectivity index (χ1) is 7.34. The van der Waals surface area contributed by atoms with Gasteiger partial charge in [-0.05, 0) is 12.0 Å². The van der Waals surface area contributed by atoms with Crippen molar-refractivity contribution >= 4 is 22.6 Å². The highest BCUT2D eigenvalue weighted by Crippen LogP contribution is 2.27. The fourth-order valence-electron chi connectivity index (χ4n) is 1.72. The summed E-state index contributed by atoms with van der Waals surface area (Å²) in [4.78, 5) is 8.32. The number of anilines is 1. The van der Waals surface area contributed by atoms with Crippen molar-refractivity contribution in [3.63, 3.8) is 0 Å². The Morgan fingerprint density at radius 3 is 3.07 bits per heavy atom. The molecule has 5 nitrogen and oxygen atoms in total. The van der Waals surface area contributed by atoms with Crippen LogP contribution < -0.4 is 5.73 Å². The van der Waals surface area contributed by atoms with Crippen molar-refractivity contribution in [1.29, 1.82) is 0 Å². The molecule has 0 spiro atoms. The second kappa shape index (κ2) is 2.91. The number of fused-ring (bicyclic) bond motifs is 1. The number of hydrogen-bond donors (Lipinski definition) is 2. The van der Waals surface area contributed by atoms with Crippen molar-refractivity contribution in [2.24, 2.45) is 0 Å².